The van der Waals surface area contributed by atoms with E-state index in [0.29, 0.717) is 27.8 Å². The molecule has 3 aromatic carbocycles. The summed E-state index contributed by atoms with van der Waals surface area (Å²) in [5, 5.41) is 1.64. The fourth-order valence-corrected chi connectivity index (χ4v) is 4.45. The molecule has 1 aliphatic rings. The van der Waals surface area contributed by atoms with Gasteiger partial charge in [-0.25, -0.2) is 4.39 Å². The second-order valence-corrected chi connectivity index (χ2v) is 8.04. The summed E-state index contributed by atoms with van der Waals surface area (Å²) in [6.07, 6.45) is 2.05. The average Bonchev–Trinajstić information content (AvgIpc) is 3.45. The number of ether oxygens (including phenoxy) is 1. The van der Waals surface area contributed by atoms with Crippen molar-refractivity contribution in [3.8, 4) is 16.9 Å². The zero-order valence-electron chi connectivity index (χ0n) is 17.6. The maximum Gasteiger partial charge on any atom is 0.253 e. The first-order chi connectivity index (χ1) is 15.5. The Morgan fingerprint density at radius 1 is 1.00 bits per heavy atom. The molecule has 0 bridgehead atoms. The number of hydrogen-bond acceptors (Lipinski definition) is 3. The van der Waals surface area contributed by atoms with Crippen molar-refractivity contribution in [2.45, 2.75) is 12.8 Å². The highest BCUT2D eigenvalue weighted by Crippen LogP contribution is 2.34. The molecule has 1 aliphatic heterocycles. The van der Waals surface area contributed by atoms with Crippen LogP contribution in [0.2, 0.25) is 0 Å². The number of halogens is 1. The predicted octanol–water partition coefficient (Wildman–Crippen LogP) is 4.47. The monoisotopic (exact) mass is 431 g/mol. The topological polar surface area (TPSA) is 88.4 Å². The maximum atomic E-state index is 14.3. The second kappa shape index (κ2) is 7.67. The fourth-order valence-electron chi connectivity index (χ4n) is 4.45. The summed E-state index contributed by atoms with van der Waals surface area (Å²) in [5.74, 6) is -0.930. The second-order valence-electron chi connectivity index (χ2n) is 8.04. The molecule has 2 heterocycles. The largest absolute Gasteiger partial charge is 0.494 e. The molecule has 5 rings (SSSR count). The number of primary amides is 1. The Morgan fingerprint density at radius 2 is 1.78 bits per heavy atom. The van der Waals surface area contributed by atoms with E-state index in [1.807, 2.05) is 23.1 Å². The number of rotatable bonds is 4. The van der Waals surface area contributed by atoms with Crippen molar-refractivity contribution >= 4 is 33.6 Å². The normalized spacial score (nSPS) is 13.8. The molecule has 1 saturated heterocycles. The summed E-state index contributed by atoms with van der Waals surface area (Å²) in [5.41, 5.74) is 9.17. The van der Waals surface area contributed by atoms with Gasteiger partial charge in [0.05, 0.1) is 18.2 Å². The molecule has 6 nitrogen and oxygen atoms in total. The van der Waals surface area contributed by atoms with Gasteiger partial charge in [-0.3, -0.25) is 9.59 Å². The molecule has 1 aromatic heterocycles. The van der Waals surface area contributed by atoms with Gasteiger partial charge in [-0.1, -0.05) is 12.1 Å². The zero-order chi connectivity index (χ0) is 22.4. The van der Waals surface area contributed by atoms with Crippen LogP contribution in [-0.4, -0.2) is 41.9 Å². The first kappa shape index (κ1) is 20.1. The van der Waals surface area contributed by atoms with Crippen molar-refractivity contribution in [3.05, 3.63) is 65.5 Å². The van der Waals surface area contributed by atoms with Gasteiger partial charge in [-0.15, -0.1) is 0 Å². The van der Waals surface area contributed by atoms with Crippen molar-refractivity contribution in [2.75, 3.05) is 20.2 Å². The van der Waals surface area contributed by atoms with Crippen molar-refractivity contribution in [3.63, 3.8) is 0 Å². The number of fused-ring (bicyclic) bond motifs is 3. The van der Waals surface area contributed by atoms with Gasteiger partial charge in [0, 0.05) is 34.9 Å². The Bertz CT molecular complexity index is 1390. The van der Waals surface area contributed by atoms with Gasteiger partial charge < -0.3 is 20.4 Å². The van der Waals surface area contributed by atoms with E-state index in [4.69, 9.17) is 10.5 Å². The molecule has 3 N–H and O–H groups in total. The Morgan fingerprint density at radius 3 is 2.47 bits per heavy atom. The average molecular weight is 431 g/mol. The number of hydrogen-bond donors (Lipinski definition) is 2. The smallest absolute Gasteiger partial charge is 0.253 e. The van der Waals surface area contributed by atoms with Crippen LogP contribution in [0.1, 0.15) is 33.6 Å². The standard InChI is InChI=1S/C25H22FN3O3/c1-32-22-7-5-14(12-20(22)26)16-10-18-17-6-4-15(25(31)29-8-2-3-9-29)13-21(17)28-23(18)19(11-16)24(27)30/h4-7,10-13,28H,2-3,8-9H2,1H3,(H2,27,30). The number of carbonyl (C=O) groups is 2. The maximum absolute atomic E-state index is 14.3. The molecule has 0 saturated carbocycles. The summed E-state index contributed by atoms with van der Waals surface area (Å²) in [7, 11) is 1.41. The van der Waals surface area contributed by atoms with Crippen LogP contribution < -0.4 is 10.5 Å². The molecule has 32 heavy (non-hydrogen) atoms. The quantitative estimate of drug-likeness (QED) is 0.500. The number of carbonyl (C=O) groups excluding carboxylic acids is 2. The Hall–Kier alpha value is -3.87. The van der Waals surface area contributed by atoms with E-state index in [9.17, 15) is 14.0 Å². The summed E-state index contributed by atoms with van der Waals surface area (Å²) in [6.45, 7) is 1.55. The lowest BCUT2D eigenvalue weighted by molar-refractivity contribution is 0.0792. The molecule has 7 heteroatoms. The number of likely N-dealkylation sites (tertiary alicyclic amines) is 1. The molecule has 0 radical (unpaired) electrons. The molecule has 0 unspecified atom stereocenters. The van der Waals surface area contributed by atoms with Crippen LogP contribution >= 0.6 is 0 Å². The number of amides is 2. The van der Waals surface area contributed by atoms with Crippen LogP contribution in [-0.2, 0) is 0 Å². The number of H-pyrrole nitrogens is 1. The number of aromatic nitrogens is 1. The number of aromatic amines is 1. The number of nitrogens with zero attached hydrogens (tertiary/aromatic N) is 1. The zero-order valence-corrected chi connectivity index (χ0v) is 17.6. The summed E-state index contributed by atoms with van der Waals surface area (Å²) in [6, 6.07) is 13.7. The SMILES string of the molecule is COc1ccc(-c2cc(C(N)=O)c3[nH]c4cc(C(=O)N5CCCC5)ccc4c3c2)cc1F. The van der Waals surface area contributed by atoms with Gasteiger partial charge in [0.2, 0.25) is 0 Å². The van der Waals surface area contributed by atoms with E-state index >= 15 is 0 Å². The van der Waals surface area contributed by atoms with E-state index in [-0.39, 0.29) is 11.7 Å². The minimum absolute atomic E-state index is 0.00702. The lowest BCUT2D eigenvalue weighted by Crippen LogP contribution is -2.27. The van der Waals surface area contributed by atoms with Crippen molar-refractivity contribution < 1.29 is 18.7 Å². The van der Waals surface area contributed by atoms with Crippen LogP contribution in [0.15, 0.2) is 48.5 Å². The molecule has 4 aromatic rings. The molecule has 1 fully saturated rings. The minimum Gasteiger partial charge on any atom is -0.494 e. The predicted molar refractivity (Wildman–Crippen MR) is 121 cm³/mol. The molecule has 162 valence electrons. The highest BCUT2D eigenvalue weighted by molar-refractivity contribution is 6.17. The first-order valence-electron chi connectivity index (χ1n) is 10.5. The van der Waals surface area contributed by atoms with Gasteiger partial charge >= 0.3 is 0 Å². The lowest BCUT2D eigenvalue weighted by Gasteiger charge is -2.15. The van der Waals surface area contributed by atoms with Gasteiger partial charge in [-0.05, 0) is 60.4 Å². The molecular weight excluding hydrogens is 409 g/mol. The van der Waals surface area contributed by atoms with Crippen LogP contribution in [0, 0.1) is 5.82 Å². The van der Waals surface area contributed by atoms with Crippen molar-refractivity contribution in [1.29, 1.82) is 0 Å². The third kappa shape index (κ3) is 3.26. The summed E-state index contributed by atoms with van der Waals surface area (Å²) < 4.78 is 19.3. The molecule has 0 aliphatic carbocycles. The Labute approximate surface area is 183 Å². The Kier molecular flexibility index (Phi) is 4.81. The van der Waals surface area contributed by atoms with Crippen LogP contribution in [0.25, 0.3) is 32.9 Å². The molecular formula is C25H22FN3O3. The minimum atomic E-state index is -0.592. The molecule has 0 atom stereocenters. The number of benzene rings is 3. The van der Waals surface area contributed by atoms with Crippen LogP contribution in [0.5, 0.6) is 5.75 Å². The third-order valence-electron chi connectivity index (χ3n) is 6.10. The van der Waals surface area contributed by atoms with Crippen LogP contribution in [0.4, 0.5) is 4.39 Å². The highest BCUT2D eigenvalue weighted by Gasteiger charge is 2.21. The van der Waals surface area contributed by atoms with E-state index in [1.165, 1.54) is 13.2 Å². The van der Waals surface area contributed by atoms with E-state index in [2.05, 4.69) is 4.98 Å². The van der Waals surface area contributed by atoms with Gasteiger partial charge in [-0.2, -0.15) is 0 Å². The van der Waals surface area contributed by atoms with Gasteiger partial charge in [0.15, 0.2) is 11.6 Å². The van der Waals surface area contributed by atoms with E-state index in [1.54, 1.807) is 24.3 Å². The van der Waals surface area contributed by atoms with E-state index < -0.39 is 11.7 Å². The van der Waals surface area contributed by atoms with Gasteiger partial charge in [0.1, 0.15) is 0 Å². The fraction of sp³-hybridized carbons (Fsp3) is 0.200. The van der Waals surface area contributed by atoms with Crippen molar-refractivity contribution in [2.24, 2.45) is 5.73 Å². The van der Waals surface area contributed by atoms with Crippen molar-refractivity contribution in [1.82, 2.24) is 9.88 Å². The number of nitrogens with one attached hydrogen (secondary N) is 1. The number of methoxy groups -OCH3 is 1. The third-order valence-corrected chi connectivity index (χ3v) is 6.10. The highest BCUT2D eigenvalue weighted by atomic mass is 19.1. The first-order valence-corrected chi connectivity index (χ1v) is 10.5. The Balaban J connectivity index is 1.67. The van der Waals surface area contributed by atoms with Crippen LogP contribution in [0.3, 0.4) is 0 Å². The summed E-state index contributed by atoms with van der Waals surface area (Å²) >= 11 is 0. The lowest BCUT2D eigenvalue weighted by atomic mass is 9.98. The molecule has 2 amide bonds. The number of nitrogens with two attached hydrogens (primary N) is 1. The van der Waals surface area contributed by atoms with E-state index in [0.717, 1.165) is 42.2 Å². The van der Waals surface area contributed by atoms with Gasteiger partial charge in [0.25, 0.3) is 11.8 Å². The molecule has 0 spiro atoms. The summed E-state index contributed by atoms with van der Waals surface area (Å²) in [4.78, 5) is 30.1.